The molecule has 26 heavy (non-hydrogen) atoms. The molecule has 0 atom stereocenters. The van der Waals surface area contributed by atoms with Gasteiger partial charge >= 0.3 is 12.1 Å². The molecular weight excluding hydrogens is 351 g/mol. The minimum absolute atomic E-state index is 0.0521. The van der Waals surface area contributed by atoms with Crippen molar-refractivity contribution in [2.45, 2.75) is 19.7 Å². The molecule has 8 heteroatoms. The highest BCUT2D eigenvalue weighted by Crippen LogP contribution is 2.29. The van der Waals surface area contributed by atoms with Gasteiger partial charge in [-0.15, -0.1) is 0 Å². The van der Waals surface area contributed by atoms with Crippen LogP contribution in [0, 0.1) is 0 Å². The molecule has 0 saturated heterocycles. The van der Waals surface area contributed by atoms with E-state index in [1.807, 2.05) is 0 Å². The molecule has 2 aromatic rings. The quantitative estimate of drug-likeness (QED) is 0.614. The fourth-order valence-corrected chi connectivity index (χ4v) is 2.25. The lowest BCUT2D eigenvalue weighted by Crippen LogP contribution is -2.10. The number of halogens is 3. The number of rotatable bonds is 6. The number of benzene rings is 1. The van der Waals surface area contributed by atoms with Crippen molar-refractivity contribution in [1.82, 2.24) is 4.98 Å². The van der Waals surface area contributed by atoms with E-state index < -0.39 is 17.8 Å². The zero-order valence-electron chi connectivity index (χ0n) is 14.0. The van der Waals surface area contributed by atoms with Gasteiger partial charge in [0.1, 0.15) is 23.6 Å². The molecule has 0 amide bonds. The van der Waals surface area contributed by atoms with Gasteiger partial charge in [0.15, 0.2) is 0 Å². The topological polar surface area (TPSA) is 68.7 Å². The second kappa shape index (κ2) is 7.90. The first-order chi connectivity index (χ1) is 12.2. The minimum atomic E-state index is -4.58. The average molecular weight is 367 g/mol. The molecule has 0 spiro atoms. The van der Waals surface area contributed by atoms with E-state index in [1.165, 1.54) is 26.2 Å². The minimum Gasteiger partial charge on any atom is -0.500 e. The van der Waals surface area contributed by atoms with Crippen LogP contribution in [0.5, 0.6) is 5.88 Å². The number of pyridine rings is 1. The highest BCUT2D eigenvalue weighted by Gasteiger charge is 2.32. The molecule has 138 valence electrons. The van der Waals surface area contributed by atoms with Gasteiger partial charge < -0.3 is 14.6 Å². The predicted molar refractivity (Wildman–Crippen MR) is 87.3 cm³/mol. The zero-order chi connectivity index (χ0) is 19.3. The third-order valence-electron chi connectivity index (χ3n) is 3.55. The number of carbonyl (C=O) groups is 1. The Bertz CT molecular complexity index is 831. The van der Waals surface area contributed by atoms with Crippen LogP contribution < -0.4 is 4.74 Å². The van der Waals surface area contributed by atoms with E-state index >= 15 is 0 Å². The van der Waals surface area contributed by atoms with E-state index in [2.05, 4.69) is 4.98 Å². The molecule has 0 radical (unpaired) electrons. The number of hydrogen-bond donors (Lipinski definition) is 1. The standard InChI is InChI=1S/C18H16F3NO4/c1-11(25-2)16(17(23)24)13-7-4-3-6-12(13)10-26-15-9-5-8-14(22-15)18(19,20)21/h3-9H,10H2,1-2H3,(H,23,24)/b16-11+. The Labute approximate surface area is 147 Å². The van der Waals surface area contributed by atoms with Gasteiger partial charge in [-0.05, 0) is 24.1 Å². The number of alkyl halides is 3. The molecule has 5 nitrogen and oxygen atoms in total. The van der Waals surface area contributed by atoms with Crippen molar-refractivity contribution >= 4 is 11.5 Å². The van der Waals surface area contributed by atoms with Crippen LogP contribution in [-0.2, 0) is 22.3 Å². The SMILES string of the molecule is CO/C(C)=C(/C(=O)O)c1ccccc1COc1cccc(C(F)(F)F)n1. The Morgan fingerprint density at radius 1 is 1.15 bits per heavy atom. The molecule has 0 bridgehead atoms. The van der Waals surface area contributed by atoms with Crippen molar-refractivity contribution in [2.24, 2.45) is 0 Å². The van der Waals surface area contributed by atoms with Gasteiger partial charge in [0.25, 0.3) is 0 Å². The van der Waals surface area contributed by atoms with Gasteiger partial charge in [0.2, 0.25) is 5.88 Å². The Balaban J connectivity index is 2.31. The number of carboxylic acid groups (broad SMARTS) is 1. The van der Waals surface area contributed by atoms with Crippen molar-refractivity contribution in [1.29, 1.82) is 0 Å². The first kappa shape index (κ1) is 19.3. The Morgan fingerprint density at radius 3 is 2.46 bits per heavy atom. The lowest BCUT2D eigenvalue weighted by Gasteiger charge is -2.14. The summed E-state index contributed by atoms with van der Waals surface area (Å²) in [4.78, 5) is 15.0. The fraction of sp³-hybridized carbons (Fsp3) is 0.222. The van der Waals surface area contributed by atoms with Gasteiger partial charge in [-0.1, -0.05) is 30.3 Å². The van der Waals surface area contributed by atoms with E-state index in [0.29, 0.717) is 11.1 Å². The molecular formula is C18H16F3NO4. The zero-order valence-corrected chi connectivity index (χ0v) is 14.0. The predicted octanol–water partition coefficient (Wildman–Crippen LogP) is 4.14. The largest absolute Gasteiger partial charge is 0.500 e. The third-order valence-corrected chi connectivity index (χ3v) is 3.55. The second-order valence-corrected chi connectivity index (χ2v) is 5.25. The van der Waals surface area contributed by atoms with E-state index in [9.17, 15) is 23.1 Å². The lowest BCUT2D eigenvalue weighted by molar-refractivity contribution is -0.141. The normalized spacial score (nSPS) is 12.3. The maximum atomic E-state index is 12.7. The van der Waals surface area contributed by atoms with E-state index in [0.717, 1.165) is 6.07 Å². The van der Waals surface area contributed by atoms with Crippen molar-refractivity contribution in [2.75, 3.05) is 7.11 Å². The molecule has 1 N–H and O–H groups in total. The summed E-state index contributed by atoms with van der Waals surface area (Å²) in [6.07, 6.45) is -4.58. The monoisotopic (exact) mass is 367 g/mol. The van der Waals surface area contributed by atoms with Crippen LogP contribution in [0.2, 0.25) is 0 Å². The first-order valence-corrected chi connectivity index (χ1v) is 7.47. The first-order valence-electron chi connectivity index (χ1n) is 7.47. The Hall–Kier alpha value is -3.03. The van der Waals surface area contributed by atoms with Crippen molar-refractivity contribution in [3.63, 3.8) is 0 Å². The van der Waals surface area contributed by atoms with Gasteiger partial charge in [-0.3, -0.25) is 0 Å². The van der Waals surface area contributed by atoms with Gasteiger partial charge in [0.05, 0.1) is 7.11 Å². The van der Waals surface area contributed by atoms with Crippen LogP contribution in [0.4, 0.5) is 13.2 Å². The maximum Gasteiger partial charge on any atom is 0.433 e. The Morgan fingerprint density at radius 2 is 1.85 bits per heavy atom. The maximum absolute atomic E-state index is 12.7. The van der Waals surface area contributed by atoms with Crippen molar-refractivity contribution < 1.29 is 32.5 Å². The molecule has 0 aliphatic heterocycles. The molecule has 0 aliphatic rings. The molecule has 0 fully saturated rings. The molecule has 1 heterocycles. The van der Waals surface area contributed by atoms with Crippen molar-refractivity contribution in [3.8, 4) is 5.88 Å². The van der Waals surface area contributed by atoms with Crippen LogP contribution in [0.25, 0.3) is 5.57 Å². The summed E-state index contributed by atoms with van der Waals surface area (Å²) in [5, 5.41) is 9.45. The highest BCUT2D eigenvalue weighted by atomic mass is 19.4. The summed E-state index contributed by atoms with van der Waals surface area (Å²) in [5.74, 6) is -1.20. The van der Waals surface area contributed by atoms with Crippen LogP contribution in [0.3, 0.4) is 0 Å². The summed E-state index contributed by atoms with van der Waals surface area (Å²) in [7, 11) is 1.35. The molecule has 1 aromatic carbocycles. The number of hydrogen-bond acceptors (Lipinski definition) is 4. The molecule has 0 aliphatic carbocycles. The lowest BCUT2D eigenvalue weighted by atomic mass is 9.99. The number of ether oxygens (including phenoxy) is 2. The highest BCUT2D eigenvalue weighted by molar-refractivity contribution is 6.16. The molecule has 0 saturated carbocycles. The van der Waals surface area contributed by atoms with E-state index in [4.69, 9.17) is 9.47 Å². The summed E-state index contributed by atoms with van der Waals surface area (Å²) in [6.45, 7) is 1.35. The third kappa shape index (κ3) is 4.53. The number of nitrogens with zero attached hydrogens (tertiary/aromatic N) is 1. The fourth-order valence-electron chi connectivity index (χ4n) is 2.25. The van der Waals surface area contributed by atoms with Gasteiger partial charge in [-0.2, -0.15) is 13.2 Å². The summed E-state index contributed by atoms with van der Waals surface area (Å²) in [5.41, 5.74) is -0.292. The molecule has 2 rings (SSSR count). The number of aliphatic carboxylic acids is 1. The number of aromatic nitrogens is 1. The van der Waals surface area contributed by atoms with Crippen LogP contribution in [0.1, 0.15) is 23.7 Å². The van der Waals surface area contributed by atoms with Crippen LogP contribution in [-0.4, -0.2) is 23.2 Å². The summed E-state index contributed by atoms with van der Waals surface area (Å²) in [6, 6.07) is 9.84. The number of methoxy groups -OCH3 is 1. The van der Waals surface area contributed by atoms with Gasteiger partial charge in [-0.25, -0.2) is 9.78 Å². The average Bonchev–Trinajstić information content (AvgIpc) is 2.60. The number of allylic oxidation sites excluding steroid dienone is 1. The van der Waals surface area contributed by atoms with Crippen LogP contribution >= 0.6 is 0 Å². The molecule has 0 unspecified atom stereocenters. The van der Waals surface area contributed by atoms with Gasteiger partial charge in [0, 0.05) is 6.07 Å². The van der Waals surface area contributed by atoms with E-state index in [-0.39, 0.29) is 23.8 Å². The second-order valence-electron chi connectivity index (χ2n) is 5.25. The van der Waals surface area contributed by atoms with E-state index in [1.54, 1.807) is 24.3 Å². The smallest absolute Gasteiger partial charge is 0.433 e. The Kier molecular flexibility index (Phi) is 5.86. The summed E-state index contributed by atoms with van der Waals surface area (Å²) < 4.78 is 48.5. The summed E-state index contributed by atoms with van der Waals surface area (Å²) >= 11 is 0. The van der Waals surface area contributed by atoms with Crippen molar-refractivity contribution in [3.05, 3.63) is 65.0 Å². The molecule has 1 aromatic heterocycles. The number of carboxylic acids is 1. The van der Waals surface area contributed by atoms with Crippen LogP contribution in [0.15, 0.2) is 48.2 Å².